The number of carboxylic acids is 1. The molecule has 1 aromatic heterocycles. The first kappa shape index (κ1) is 33.6. The molecule has 3 aromatic rings. The smallest absolute Gasteiger partial charge is 0.316 e. The van der Waals surface area contributed by atoms with E-state index in [9.17, 15) is 24.3 Å². The molecular weight excluding hydrogens is 675 g/mol. The largest absolute Gasteiger partial charge is 0.492 e. The number of aryl methyl sites for hydroxylation is 1. The van der Waals surface area contributed by atoms with E-state index in [2.05, 4.69) is 15.5 Å². The molecular formula is C36H39FN8O7. The number of para-hydroxylation sites is 1. The third kappa shape index (κ3) is 5.51. The van der Waals surface area contributed by atoms with E-state index in [1.54, 1.807) is 11.1 Å². The fraction of sp³-hybridized carbons (Fsp3) is 0.472. The number of amides is 2. The van der Waals surface area contributed by atoms with Crippen molar-refractivity contribution in [1.29, 1.82) is 0 Å². The Morgan fingerprint density at radius 3 is 2.60 bits per heavy atom. The highest BCUT2D eigenvalue weighted by molar-refractivity contribution is 6.54. The number of halogens is 1. The number of likely N-dealkylation sites (tertiary alicyclic amines) is 1. The van der Waals surface area contributed by atoms with Gasteiger partial charge in [0.2, 0.25) is 5.91 Å². The lowest BCUT2D eigenvalue weighted by molar-refractivity contribution is -0.140. The van der Waals surface area contributed by atoms with Gasteiger partial charge in [0, 0.05) is 43.3 Å². The molecule has 5 heterocycles. The summed E-state index contributed by atoms with van der Waals surface area (Å²) in [7, 11) is 2.83. The summed E-state index contributed by atoms with van der Waals surface area (Å²) in [4.78, 5) is 64.5. The molecule has 3 fully saturated rings. The van der Waals surface area contributed by atoms with Crippen molar-refractivity contribution in [1.82, 2.24) is 19.9 Å². The molecule has 5 aliphatic rings. The van der Waals surface area contributed by atoms with E-state index >= 15 is 4.39 Å². The number of carbonyl (C=O) groups excluding carboxylic acids is 3. The van der Waals surface area contributed by atoms with E-state index in [4.69, 9.17) is 9.57 Å². The minimum Gasteiger partial charge on any atom is -0.492 e. The van der Waals surface area contributed by atoms with Crippen LogP contribution in [0.3, 0.4) is 0 Å². The van der Waals surface area contributed by atoms with Crippen molar-refractivity contribution in [3.63, 3.8) is 0 Å². The third-order valence-electron chi connectivity index (χ3n) is 10.9. The van der Waals surface area contributed by atoms with Gasteiger partial charge in [-0.15, -0.1) is 5.10 Å². The summed E-state index contributed by atoms with van der Waals surface area (Å²) >= 11 is 0. The Morgan fingerprint density at radius 1 is 1.06 bits per heavy atom. The SMILES string of the molecule is CO/N=C1\C(=O)N(Cc2cn(CC(=O)N3CCC[C@@H]4CN(c5c(F)cc6c(c5OC)N(C5CC5)CC(C(=O)O)C6=O)C[C@@H]43)nn2)c2c(C)cccc21. The number of ketones is 1. The number of oxime groups is 1. The van der Waals surface area contributed by atoms with Crippen LogP contribution in [-0.4, -0.2) is 107 Å². The second-order valence-electron chi connectivity index (χ2n) is 14.1. The van der Waals surface area contributed by atoms with E-state index in [0.29, 0.717) is 36.6 Å². The van der Waals surface area contributed by atoms with Crippen LogP contribution in [0.2, 0.25) is 0 Å². The van der Waals surface area contributed by atoms with Crippen LogP contribution in [0.25, 0.3) is 0 Å². The lowest BCUT2D eigenvalue weighted by atomic mass is 9.89. The van der Waals surface area contributed by atoms with Crippen LogP contribution in [0.5, 0.6) is 5.75 Å². The molecule has 2 saturated heterocycles. The number of carboxylic acid groups (broad SMARTS) is 1. The highest BCUT2D eigenvalue weighted by atomic mass is 19.1. The molecule has 2 amide bonds. The number of nitrogens with zero attached hydrogens (tertiary/aromatic N) is 8. The second kappa shape index (κ2) is 12.9. The van der Waals surface area contributed by atoms with Crippen LogP contribution < -0.4 is 19.4 Å². The number of ether oxygens (including phenoxy) is 1. The number of benzene rings is 2. The maximum atomic E-state index is 16.1. The van der Waals surface area contributed by atoms with Crippen molar-refractivity contribution < 1.29 is 38.2 Å². The van der Waals surface area contributed by atoms with Gasteiger partial charge in [0.05, 0.1) is 37.3 Å². The number of aliphatic carboxylic acids is 1. The highest BCUT2D eigenvalue weighted by Crippen LogP contribution is 2.50. The number of aromatic nitrogens is 3. The van der Waals surface area contributed by atoms with Gasteiger partial charge in [-0.2, -0.15) is 0 Å². The van der Waals surface area contributed by atoms with Gasteiger partial charge >= 0.3 is 5.97 Å². The first-order valence-corrected chi connectivity index (χ1v) is 17.5. The summed E-state index contributed by atoms with van der Waals surface area (Å²) in [5.41, 5.74) is 3.71. The molecule has 1 saturated carbocycles. The molecule has 1 aliphatic carbocycles. The number of methoxy groups -OCH3 is 1. The fourth-order valence-electron chi connectivity index (χ4n) is 8.47. The molecule has 0 spiro atoms. The minimum absolute atomic E-state index is 0.00910. The Kier molecular flexibility index (Phi) is 8.33. The monoisotopic (exact) mass is 714 g/mol. The van der Waals surface area contributed by atoms with E-state index < -0.39 is 23.5 Å². The summed E-state index contributed by atoms with van der Waals surface area (Å²) in [5.74, 6) is -3.95. The summed E-state index contributed by atoms with van der Waals surface area (Å²) in [6, 6.07) is 6.62. The number of hydrogen-bond donors (Lipinski definition) is 1. The van der Waals surface area contributed by atoms with Crippen molar-refractivity contribution in [3.8, 4) is 5.75 Å². The zero-order valence-corrected chi connectivity index (χ0v) is 29.1. The number of anilines is 3. The van der Waals surface area contributed by atoms with Crippen LogP contribution >= 0.6 is 0 Å². The van der Waals surface area contributed by atoms with Crippen molar-refractivity contribution in [2.45, 2.75) is 57.8 Å². The lowest BCUT2D eigenvalue weighted by Gasteiger charge is -2.37. The number of piperidine rings is 1. The number of carbonyl (C=O) groups is 4. The van der Waals surface area contributed by atoms with Crippen LogP contribution in [0.15, 0.2) is 35.6 Å². The Bertz CT molecular complexity index is 2030. The van der Waals surface area contributed by atoms with E-state index in [1.807, 2.05) is 39.8 Å². The fourth-order valence-corrected chi connectivity index (χ4v) is 8.47. The van der Waals surface area contributed by atoms with Crippen molar-refractivity contribution in [2.24, 2.45) is 17.0 Å². The summed E-state index contributed by atoms with van der Waals surface area (Å²) < 4.78 is 23.4. The van der Waals surface area contributed by atoms with Crippen molar-refractivity contribution in [3.05, 3.63) is 58.7 Å². The van der Waals surface area contributed by atoms with Gasteiger partial charge in [-0.05, 0) is 50.2 Å². The Labute approximate surface area is 298 Å². The maximum Gasteiger partial charge on any atom is 0.316 e. The van der Waals surface area contributed by atoms with Crippen molar-refractivity contribution in [2.75, 3.05) is 55.1 Å². The first-order chi connectivity index (χ1) is 25.1. The molecule has 8 rings (SSSR count). The molecule has 2 aromatic carbocycles. The van der Waals surface area contributed by atoms with Crippen LogP contribution in [0, 0.1) is 24.6 Å². The quantitative estimate of drug-likeness (QED) is 0.256. The van der Waals surface area contributed by atoms with E-state index in [-0.39, 0.29) is 72.2 Å². The number of rotatable bonds is 9. The van der Waals surface area contributed by atoms with Gasteiger partial charge in [0.1, 0.15) is 31.0 Å². The average Bonchev–Trinajstić information content (AvgIpc) is 3.63. The van der Waals surface area contributed by atoms with Gasteiger partial charge in [-0.25, -0.2) is 9.07 Å². The van der Waals surface area contributed by atoms with Gasteiger partial charge in [0.25, 0.3) is 5.91 Å². The Hall–Kier alpha value is -5.54. The normalized spacial score (nSPS) is 23.2. The lowest BCUT2D eigenvalue weighted by Crippen LogP contribution is -2.49. The Balaban J connectivity index is 1.00. The molecule has 0 radical (unpaired) electrons. The summed E-state index contributed by atoms with van der Waals surface area (Å²) in [6.07, 6.45) is 5.00. The zero-order chi connectivity index (χ0) is 36.4. The number of Topliss-reactive ketones (excluding diaryl/α,β-unsaturated/α-hetero) is 1. The second-order valence-corrected chi connectivity index (χ2v) is 14.1. The standard InChI is InChI=1S/C36H39FN8O7/c1-19-6-4-8-23-29(39-52-3)35(48)45(30(19)23)15-21-14-42(40-38-21)18-28(46)43-11-5-7-20-13-41(17-27(20)43)32-26(37)12-24-31(34(32)51-2)44(22-9-10-22)16-25(33(24)47)36(49)50/h4,6,8,12,14,20,22,25,27H,5,7,9-11,13,15-18H2,1-3H3,(H,49,50)/b39-29-/t20-,25?,27+/m1/s1. The predicted octanol–water partition coefficient (Wildman–Crippen LogP) is 2.62. The maximum absolute atomic E-state index is 16.1. The minimum atomic E-state index is -1.27. The molecule has 0 bridgehead atoms. The van der Waals surface area contributed by atoms with E-state index in [0.717, 1.165) is 43.0 Å². The molecule has 1 N–H and O–H groups in total. The summed E-state index contributed by atoms with van der Waals surface area (Å²) in [6.45, 7) is 3.39. The highest BCUT2D eigenvalue weighted by Gasteiger charge is 2.47. The Morgan fingerprint density at radius 2 is 1.87 bits per heavy atom. The molecule has 1 unspecified atom stereocenters. The van der Waals surface area contributed by atoms with E-state index in [1.165, 1.54) is 18.9 Å². The van der Waals surface area contributed by atoms with Gasteiger partial charge in [0.15, 0.2) is 23.1 Å². The molecule has 16 heteroatoms. The van der Waals surface area contributed by atoms with Crippen LogP contribution in [0.1, 0.15) is 52.9 Å². The van der Waals surface area contributed by atoms with Crippen LogP contribution in [-0.2, 0) is 32.3 Å². The summed E-state index contributed by atoms with van der Waals surface area (Å²) in [5, 5.41) is 22.2. The third-order valence-corrected chi connectivity index (χ3v) is 10.9. The number of hydrogen-bond acceptors (Lipinski definition) is 11. The van der Waals surface area contributed by atoms with Gasteiger partial charge in [-0.1, -0.05) is 28.6 Å². The first-order valence-electron chi connectivity index (χ1n) is 17.5. The molecule has 3 atom stereocenters. The molecule has 272 valence electrons. The number of fused-ring (bicyclic) bond motifs is 3. The van der Waals surface area contributed by atoms with Crippen LogP contribution in [0.4, 0.5) is 21.5 Å². The molecule has 52 heavy (non-hydrogen) atoms. The van der Waals surface area contributed by atoms with Crippen molar-refractivity contribution >= 4 is 46.3 Å². The topological polar surface area (TPSA) is 163 Å². The van der Waals surface area contributed by atoms with Gasteiger partial charge < -0.3 is 29.4 Å². The molecule has 4 aliphatic heterocycles. The van der Waals surface area contributed by atoms with Gasteiger partial charge in [-0.3, -0.25) is 24.1 Å². The predicted molar refractivity (Wildman–Crippen MR) is 185 cm³/mol. The average molecular weight is 715 g/mol. The zero-order valence-electron chi connectivity index (χ0n) is 29.1. The molecule has 15 nitrogen and oxygen atoms in total.